The summed E-state index contributed by atoms with van der Waals surface area (Å²) in [6.45, 7) is 1.89. The summed E-state index contributed by atoms with van der Waals surface area (Å²) in [4.78, 5) is 0.123. The van der Waals surface area contributed by atoms with E-state index in [1.807, 2.05) is 6.92 Å². The molecule has 0 aromatic heterocycles. The lowest BCUT2D eigenvalue weighted by atomic mass is 10.2. The maximum absolute atomic E-state index is 12.3. The zero-order valence-corrected chi connectivity index (χ0v) is 13.5. The summed E-state index contributed by atoms with van der Waals surface area (Å²) in [7, 11) is -0.305. The summed E-state index contributed by atoms with van der Waals surface area (Å²) in [5.41, 5.74) is 1.57. The van der Waals surface area contributed by atoms with E-state index in [-0.39, 0.29) is 10.6 Å². The highest BCUT2D eigenvalue weighted by Gasteiger charge is 2.17. The second-order valence-corrected chi connectivity index (χ2v) is 6.53. The van der Waals surface area contributed by atoms with E-state index >= 15 is 0 Å². The van der Waals surface area contributed by atoms with E-state index in [1.165, 1.54) is 12.1 Å². The topological polar surface area (TPSA) is 59.0 Å². The maximum Gasteiger partial charge on any atom is 0.339 e. The van der Waals surface area contributed by atoms with Crippen LogP contribution in [0.25, 0.3) is 0 Å². The summed E-state index contributed by atoms with van der Waals surface area (Å²) >= 11 is 0. The van der Waals surface area contributed by atoms with Gasteiger partial charge in [-0.1, -0.05) is 29.8 Å². The van der Waals surface area contributed by atoms with Gasteiger partial charge in [0.25, 0.3) is 0 Å². The first-order valence-electron chi connectivity index (χ1n) is 6.70. The first-order chi connectivity index (χ1) is 10.4. The number of hydrazone groups is 1. The van der Waals surface area contributed by atoms with Crippen LogP contribution < -0.4 is 4.18 Å². The molecule has 0 spiro atoms. The van der Waals surface area contributed by atoms with Crippen LogP contribution in [-0.4, -0.2) is 33.7 Å². The largest absolute Gasteiger partial charge is 0.378 e. The van der Waals surface area contributed by atoms with Gasteiger partial charge in [0.05, 0.1) is 6.21 Å². The van der Waals surface area contributed by atoms with Crippen molar-refractivity contribution in [2.45, 2.75) is 11.8 Å². The monoisotopic (exact) mass is 318 g/mol. The van der Waals surface area contributed by atoms with Crippen molar-refractivity contribution in [3.8, 4) is 5.75 Å². The minimum atomic E-state index is -3.87. The van der Waals surface area contributed by atoms with Gasteiger partial charge in [-0.3, -0.25) is 0 Å². The van der Waals surface area contributed by atoms with Crippen LogP contribution >= 0.6 is 0 Å². The van der Waals surface area contributed by atoms with E-state index < -0.39 is 10.1 Å². The zero-order valence-electron chi connectivity index (χ0n) is 12.7. The Morgan fingerprint density at radius 1 is 1.05 bits per heavy atom. The smallest absolute Gasteiger partial charge is 0.339 e. The number of hydrogen-bond acceptors (Lipinski definition) is 5. The van der Waals surface area contributed by atoms with E-state index in [2.05, 4.69) is 5.10 Å². The molecule has 0 aliphatic rings. The molecule has 6 heteroatoms. The van der Waals surface area contributed by atoms with Gasteiger partial charge in [0.2, 0.25) is 0 Å². The molecule has 0 aliphatic heterocycles. The molecule has 0 fully saturated rings. The van der Waals surface area contributed by atoms with Crippen LogP contribution in [0.1, 0.15) is 11.1 Å². The lowest BCUT2D eigenvalue weighted by Crippen LogP contribution is -2.11. The molecule has 0 atom stereocenters. The van der Waals surface area contributed by atoms with Crippen LogP contribution in [0.3, 0.4) is 0 Å². The molecule has 2 aromatic rings. The van der Waals surface area contributed by atoms with Crippen molar-refractivity contribution in [2.75, 3.05) is 14.1 Å². The van der Waals surface area contributed by atoms with E-state index in [0.29, 0.717) is 5.56 Å². The minimum absolute atomic E-state index is 0.123. The molecule has 2 aromatic carbocycles. The highest BCUT2D eigenvalue weighted by molar-refractivity contribution is 7.87. The Hall–Kier alpha value is -2.34. The van der Waals surface area contributed by atoms with Crippen LogP contribution in [0.4, 0.5) is 0 Å². The summed E-state index contributed by atoms with van der Waals surface area (Å²) in [5.74, 6) is 0.244. The van der Waals surface area contributed by atoms with Gasteiger partial charge in [-0.15, -0.1) is 0 Å². The van der Waals surface area contributed by atoms with Crippen LogP contribution in [0.2, 0.25) is 0 Å². The first-order valence-corrected chi connectivity index (χ1v) is 8.11. The van der Waals surface area contributed by atoms with Gasteiger partial charge >= 0.3 is 10.1 Å². The van der Waals surface area contributed by atoms with Crippen LogP contribution in [0.5, 0.6) is 5.75 Å². The van der Waals surface area contributed by atoms with Crippen LogP contribution in [-0.2, 0) is 10.1 Å². The third-order valence-corrected chi connectivity index (χ3v) is 4.10. The molecule has 2 rings (SSSR count). The second-order valence-electron chi connectivity index (χ2n) is 4.98. The van der Waals surface area contributed by atoms with Gasteiger partial charge in [-0.05, 0) is 31.2 Å². The number of nitrogens with zero attached hydrogens (tertiary/aromatic N) is 2. The molecule has 0 N–H and O–H groups in total. The summed E-state index contributed by atoms with van der Waals surface area (Å²) in [6.07, 6.45) is 1.56. The predicted octanol–water partition coefficient (Wildman–Crippen LogP) is 2.66. The van der Waals surface area contributed by atoms with Gasteiger partial charge in [-0.2, -0.15) is 13.5 Å². The Bertz CT molecular complexity index is 766. The highest BCUT2D eigenvalue weighted by atomic mass is 32.2. The molecule has 0 saturated heterocycles. The van der Waals surface area contributed by atoms with Crippen molar-refractivity contribution >= 4 is 16.3 Å². The standard InChI is InChI=1S/C16H18N2O3S/c1-13-8-10-15(11-9-13)22(19,20)21-16-7-5-4-6-14(16)12-17-18(2)3/h4-12H,1-3H3/b17-12+. The number of aryl methyl sites for hydroxylation is 1. The molecule has 0 saturated carbocycles. The molecule has 0 bridgehead atoms. The third-order valence-electron chi connectivity index (χ3n) is 2.86. The Labute approximate surface area is 131 Å². The van der Waals surface area contributed by atoms with Gasteiger partial charge < -0.3 is 9.19 Å². The van der Waals surface area contributed by atoms with E-state index in [4.69, 9.17) is 4.18 Å². The summed E-state index contributed by atoms with van der Waals surface area (Å²) in [6, 6.07) is 13.4. The zero-order chi connectivity index (χ0) is 16.2. The second kappa shape index (κ2) is 6.62. The highest BCUT2D eigenvalue weighted by Crippen LogP contribution is 2.22. The van der Waals surface area contributed by atoms with Crippen molar-refractivity contribution < 1.29 is 12.6 Å². The Balaban J connectivity index is 2.32. The summed E-state index contributed by atoms with van der Waals surface area (Å²) in [5, 5.41) is 5.72. The fraction of sp³-hybridized carbons (Fsp3) is 0.188. The van der Waals surface area contributed by atoms with Crippen molar-refractivity contribution in [1.82, 2.24) is 5.01 Å². The van der Waals surface area contributed by atoms with Gasteiger partial charge in [0, 0.05) is 19.7 Å². The number of hydrogen-bond donors (Lipinski definition) is 0. The van der Waals surface area contributed by atoms with Gasteiger partial charge in [-0.25, -0.2) is 0 Å². The van der Waals surface area contributed by atoms with Crippen LogP contribution in [0.15, 0.2) is 58.5 Å². The molecule has 0 amide bonds. The van der Waals surface area contributed by atoms with Gasteiger partial charge in [0.1, 0.15) is 4.90 Å². The predicted molar refractivity (Wildman–Crippen MR) is 86.7 cm³/mol. The molecule has 116 valence electrons. The average molecular weight is 318 g/mol. The Kier molecular flexibility index (Phi) is 4.82. The van der Waals surface area contributed by atoms with Crippen molar-refractivity contribution in [2.24, 2.45) is 5.10 Å². The maximum atomic E-state index is 12.3. The van der Waals surface area contributed by atoms with Crippen LogP contribution in [0, 0.1) is 6.92 Å². The lowest BCUT2D eigenvalue weighted by molar-refractivity contribution is 0.440. The number of benzene rings is 2. The molecule has 0 unspecified atom stereocenters. The normalized spacial score (nSPS) is 11.6. The fourth-order valence-corrected chi connectivity index (χ4v) is 2.67. The van der Waals surface area contributed by atoms with Crippen molar-refractivity contribution in [1.29, 1.82) is 0 Å². The molecule has 22 heavy (non-hydrogen) atoms. The average Bonchev–Trinajstić information content (AvgIpc) is 2.46. The van der Waals surface area contributed by atoms with Crippen molar-refractivity contribution in [3.63, 3.8) is 0 Å². The fourth-order valence-electron chi connectivity index (χ4n) is 1.71. The quantitative estimate of drug-likeness (QED) is 0.483. The lowest BCUT2D eigenvalue weighted by Gasteiger charge is -2.10. The minimum Gasteiger partial charge on any atom is -0.378 e. The van der Waals surface area contributed by atoms with E-state index in [9.17, 15) is 8.42 Å². The molecule has 0 radical (unpaired) electrons. The first kappa shape index (κ1) is 16.0. The van der Waals surface area contributed by atoms with E-state index in [0.717, 1.165) is 5.56 Å². The number of rotatable bonds is 5. The van der Waals surface area contributed by atoms with E-state index in [1.54, 1.807) is 61.7 Å². The molecular formula is C16H18N2O3S. The SMILES string of the molecule is Cc1ccc(S(=O)(=O)Oc2ccccc2/C=N/N(C)C)cc1. The summed E-state index contributed by atoms with van der Waals surface area (Å²) < 4.78 is 29.9. The number of para-hydroxylation sites is 1. The molecular weight excluding hydrogens is 300 g/mol. The molecule has 0 heterocycles. The molecule has 5 nitrogen and oxygen atoms in total. The third kappa shape index (κ3) is 4.08. The molecule has 0 aliphatic carbocycles. The van der Waals surface area contributed by atoms with Crippen molar-refractivity contribution in [3.05, 3.63) is 59.7 Å². The Morgan fingerprint density at radius 3 is 2.32 bits per heavy atom. The Morgan fingerprint density at radius 2 is 1.68 bits per heavy atom. The van der Waals surface area contributed by atoms with Gasteiger partial charge in [0.15, 0.2) is 5.75 Å².